The largest absolute Gasteiger partial charge is 0.871 e. The molecule has 0 heterocycles. The van der Waals surface area contributed by atoms with Crippen LogP contribution in [0.4, 0.5) is 0 Å². The van der Waals surface area contributed by atoms with Gasteiger partial charge in [0.05, 0.1) is 19.7 Å². The van der Waals surface area contributed by atoms with Crippen LogP contribution in [0.1, 0.15) is 15.9 Å². The maximum Gasteiger partial charge on any atom is 0.335 e. The number of likely N-dealkylation sites (N-methyl/N-ethyl adjacent to an activating group) is 1. The molecule has 0 saturated heterocycles. The number of fused-ring (bicyclic) bond motifs is 1. The molecule has 0 aromatic heterocycles. The Morgan fingerprint density at radius 3 is 2.12 bits per heavy atom. The van der Waals surface area contributed by atoms with Gasteiger partial charge in [-0.25, -0.2) is 4.79 Å². The first-order chi connectivity index (χ1) is 15.9. The van der Waals surface area contributed by atoms with Gasteiger partial charge in [-0.3, -0.25) is 0 Å². The molecule has 4 rings (SSSR count). The monoisotopic (exact) mass is 443 g/mol. The maximum absolute atomic E-state index is 11.6. The Hall–Kier alpha value is -3.83. The fourth-order valence-electron chi connectivity index (χ4n) is 3.50. The predicted molar refractivity (Wildman–Crippen MR) is 129 cm³/mol. The van der Waals surface area contributed by atoms with E-state index in [2.05, 4.69) is 44.4 Å². The van der Waals surface area contributed by atoms with Crippen molar-refractivity contribution in [3.05, 3.63) is 108 Å². The Morgan fingerprint density at radius 2 is 1.45 bits per heavy atom. The molecule has 0 aliphatic heterocycles. The van der Waals surface area contributed by atoms with Crippen molar-refractivity contribution in [1.29, 1.82) is 0 Å². The van der Waals surface area contributed by atoms with E-state index in [1.165, 1.54) is 11.6 Å². The van der Waals surface area contributed by atoms with E-state index >= 15 is 0 Å². The van der Waals surface area contributed by atoms with Crippen molar-refractivity contribution < 1.29 is 24.2 Å². The summed E-state index contributed by atoms with van der Waals surface area (Å²) in [5, 5.41) is 21.5. The topological polar surface area (TPSA) is 69.6 Å². The molecule has 0 saturated carbocycles. The second-order valence-corrected chi connectivity index (χ2v) is 8.43. The summed E-state index contributed by atoms with van der Waals surface area (Å²) in [6.45, 7) is 2.76. The van der Waals surface area contributed by atoms with E-state index in [9.17, 15) is 9.90 Å². The lowest BCUT2D eigenvalue weighted by Gasteiger charge is -2.29. The van der Waals surface area contributed by atoms with E-state index in [-0.39, 0.29) is 5.56 Å². The van der Waals surface area contributed by atoms with Gasteiger partial charge in [-0.05, 0) is 29.0 Å². The fraction of sp³-hybridized carbons (Fsp3) is 0.179. The quantitative estimate of drug-likeness (QED) is 0.410. The van der Waals surface area contributed by atoms with Crippen molar-refractivity contribution in [2.75, 3.05) is 27.2 Å². The highest BCUT2D eigenvalue weighted by Gasteiger charge is 2.15. The molecule has 0 unspecified atom stereocenters. The summed E-state index contributed by atoms with van der Waals surface area (Å²) < 4.78 is 6.69. The molecule has 0 atom stereocenters. The number of nitrogens with zero attached hydrogens (tertiary/aromatic N) is 1. The molecule has 0 bridgehead atoms. The van der Waals surface area contributed by atoms with Gasteiger partial charge in [0.25, 0.3) is 0 Å². The molecule has 4 aromatic carbocycles. The van der Waals surface area contributed by atoms with Gasteiger partial charge in [-0.15, -0.1) is 0 Å². The molecule has 5 nitrogen and oxygen atoms in total. The first-order valence-corrected chi connectivity index (χ1v) is 10.8. The Labute approximate surface area is 194 Å². The first-order valence-electron chi connectivity index (χ1n) is 10.8. The van der Waals surface area contributed by atoms with Crippen molar-refractivity contribution in [2.24, 2.45) is 0 Å². The molecule has 1 N–H and O–H groups in total. The van der Waals surface area contributed by atoms with Crippen LogP contribution in [0.15, 0.2) is 97.1 Å². The van der Waals surface area contributed by atoms with Crippen LogP contribution < -0.4 is 9.84 Å². The number of aromatic carboxylic acids is 1. The molecular formula is C28H29NO4. The number of benzene rings is 4. The highest BCUT2D eigenvalue weighted by atomic mass is 16.5. The normalized spacial score (nSPS) is 10.8. The standard InChI is InChI=1S/C17H22NO.C11H8O3/c1-18(2,15-16-9-5-3-6-10-16)13-14-19-17-11-7-4-8-12-17;12-10-8-4-2-1-3-7(8)5-6-9(10)11(13)14/h3-12H,13-15H2,1-2H3;1-6,12H,(H,13,14)/q+1;/p-1. The third kappa shape index (κ3) is 7.09. The third-order valence-corrected chi connectivity index (χ3v) is 5.27. The van der Waals surface area contributed by atoms with Crippen molar-refractivity contribution in [1.82, 2.24) is 0 Å². The second kappa shape index (κ2) is 11.2. The Bertz CT molecular complexity index is 1170. The Balaban J connectivity index is 0.000000194. The molecule has 170 valence electrons. The molecule has 0 amide bonds. The van der Waals surface area contributed by atoms with Crippen LogP contribution in [0.2, 0.25) is 0 Å². The third-order valence-electron chi connectivity index (χ3n) is 5.27. The lowest BCUT2D eigenvalue weighted by atomic mass is 10.1. The number of carboxylic acids is 1. The molecular weight excluding hydrogens is 414 g/mol. The molecule has 33 heavy (non-hydrogen) atoms. The summed E-state index contributed by atoms with van der Waals surface area (Å²) in [6, 6.07) is 30.5. The van der Waals surface area contributed by atoms with E-state index in [0.717, 1.165) is 35.3 Å². The number of quaternary nitrogens is 1. The van der Waals surface area contributed by atoms with E-state index in [4.69, 9.17) is 9.84 Å². The Morgan fingerprint density at radius 1 is 0.848 bits per heavy atom. The van der Waals surface area contributed by atoms with Gasteiger partial charge in [-0.2, -0.15) is 0 Å². The number of hydrogen-bond acceptors (Lipinski definition) is 3. The summed E-state index contributed by atoms with van der Waals surface area (Å²) in [7, 11) is 4.47. The molecule has 0 fully saturated rings. The van der Waals surface area contributed by atoms with Gasteiger partial charge >= 0.3 is 5.97 Å². The lowest BCUT2D eigenvalue weighted by Crippen LogP contribution is -2.41. The second-order valence-electron chi connectivity index (χ2n) is 8.43. The van der Waals surface area contributed by atoms with E-state index in [1.54, 1.807) is 24.3 Å². The van der Waals surface area contributed by atoms with E-state index in [1.807, 2.05) is 36.4 Å². The van der Waals surface area contributed by atoms with E-state index < -0.39 is 11.7 Å². The van der Waals surface area contributed by atoms with Crippen LogP contribution >= 0.6 is 0 Å². The average Bonchev–Trinajstić information content (AvgIpc) is 2.81. The summed E-state index contributed by atoms with van der Waals surface area (Å²) in [4.78, 5) is 10.7. The number of hydrogen-bond donors (Lipinski definition) is 1. The van der Waals surface area contributed by atoms with Crippen LogP contribution in [0.25, 0.3) is 10.8 Å². The van der Waals surface area contributed by atoms with Gasteiger partial charge in [0.15, 0.2) is 0 Å². The van der Waals surface area contributed by atoms with Crippen molar-refractivity contribution in [3.8, 4) is 11.5 Å². The van der Waals surface area contributed by atoms with Crippen LogP contribution in [0, 0.1) is 0 Å². The smallest absolute Gasteiger partial charge is 0.335 e. The van der Waals surface area contributed by atoms with Gasteiger partial charge in [-0.1, -0.05) is 84.6 Å². The first kappa shape index (κ1) is 23.8. The van der Waals surface area contributed by atoms with Gasteiger partial charge in [0.1, 0.15) is 25.4 Å². The summed E-state index contributed by atoms with van der Waals surface area (Å²) in [6.07, 6.45) is 0. The minimum Gasteiger partial charge on any atom is -0.871 e. The van der Waals surface area contributed by atoms with Crippen LogP contribution in [0.5, 0.6) is 11.5 Å². The van der Waals surface area contributed by atoms with Crippen molar-refractivity contribution in [3.63, 3.8) is 0 Å². The van der Waals surface area contributed by atoms with Gasteiger partial charge < -0.3 is 19.4 Å². The van der Waals surface area contributed by atoms with Gasteiger partial charge in [0, 0.05) is 5.56 Å². The molecule has 4 aromatic rings. The number of carbonyl (C=O) groups is 1. The average molecular weight is 444 g/mol. The fourth-order valence-corrected chi connectivity index (χ4v) is 3.50. The predicted octanol–water partition coefficient (Wildman–Crippen LogP) is 4.95. The summed E-state index contributed by atoms with van der Waals surface area (Å²) in [5.41, 5.74) is 1.19. The highest BCUT2D eigenvalue weighted by molar-refractivity contribution is 5.99. The maximum atomic E-state index is 11.6. The zero-order chi connectivity index (χ0) is 23.7. The van der Waals surface area contributed by atoms with Crippen LogP contribution in [0.3, 0.4) is 0 Å². The number of para-hydroxylation sites is 1. The number of ether oxygens (including phenoxy) is 1. The zero-order valence-electron chi connectivity index (χ0n) is 19.0. The van der Waals surface area contributed by atoms with Gasteiger partial charge in [0.2, 0.25) is 0 Å². The summed E-state index contributed by atoms with van der Waals surface area (Å²) >= 11 is 0. The molecule has 0 aliphatic rings. The lowest BCUT2D eigenvalue weighted by molar-refractivity contribution is -0.903. The molecule has 0 spiro atoms. The van der Waals surface area contributed by atoms with Crippen molar-refractivity contribution in [2.45, 2.75) is 6.54 Å². The molecule has 0 radical (unpaired) electrons. The molecule has 0 aliphatic carbocycles. The summed E-state index contributed by atoms with van der Waals surface area (Å²) in [5.74, 6) is -0.654. The van der Waals surface area contributed by atoms with Crippen LogP contribution in [-0.2, 0) is 6.54 Å². The highest BCUT2D eigenvalue weighted by Crippen LogP contribution is 2.25. The molecule has 5 heteroatoms. The Kier molecular flexibility index (Phi) is 8.06. The van der Waals surface area contributed by atoms with E-state index in [0.29, 0.717) is 5.39 Å². The zero-order valence-corrected chi connectivity index (χ0v) is 19.0. The van der Waals surface area contributed by atoms with Crippen molar-refractivity contribution >= 4 is 16.7 Å². The number of rotatable bonds is 7. The number of carboxylic acid groups (broad SMARTS) is 1. The SMILES string of the molecule is C[N+](C)(CCOc1ccccc1)Cc1ccccc1.O=C(O)c1ccc2ccccc2c1[O-]. The van der Waals surface area contributed by atoms with Crippen LogP contribution in [-0.4, -0.2) is 42.8 Å². The minimum atomic E-state index is -1.18. The minimum absolute atomic E-state index is 0.177.